The number of likely N-dealkylation sites (N-methyl/N-ethyl adjacent to an activating group) is 1. The fourth-order valence-corrected chi connectivity index (χ4v) is 2.51. The molecule has 1 saturated carbocycles. The molecule has 0 bridgehead atoms. The number of rotatable bonds is 4. The van der Waals surface area contributed by atoms with Crippen LogP contribution < -0.4 is 5.32 Å². The molecule has 1 aliphatic rings. The molecule has 1 N–H and O–H groups in total. The van der Waals surface area contributed by atoms with E-state index >= 15 is 0 Å². The van der Waals surface area contributed by atoms with Gasteiger partial charge in [0.2, 0.25) is 0 Å². The van der Waals surface area contributed by atoms with E-state index in [0.29, 0.717) is 5.41 Å². The van der Waals surface area contributed by atoms with Gasteiger partial charge in [-0.3, -0.25) is 0 Å². The second-order valence-electron chi connectivity index (χ2n) is 4.78. The first kappa shape index (κ1) is 10.7. The van der Waals surface area contributed by atoms with Gasteiger partial charge in [0.15, 0.2) is 0 Å². The minimum atomic E-state index is 0.446. The Morgan fingerprint density at radius 3 is 2.67 bits per heavy atom. The van der Waals surface area contributed by atoms with Gasteiger partial charge in [-0.05, 0) is 31.9 Å². The molecule has 0 aromatic heterocycles. The Bertz CT molecular complexity index is 326. The molecule has 0 saturated heterocycles. The van der Waals surface area contributed by atoms with Crippen molar-refractivity contribution in [3.05, 3.63) is 35.4 Å². The van der Waals surface area contributed by atoms with Crippen LogP contribution >= 0.6 is 0 Å². The summed E-state index contributed by atoms with van der Waals surface area (Å²) in [5.74, 6) is 0. The molecule has 0 atom stereocenters. The Labute approximate surface area is 92.9 Å². The normalized spacial score (nSPS) is 18.5. The lowest BCUT2D eigenvalue weighted by Crippen LogP contribution is -2.43. The van der Waals surface area contributed by atoms with E-state index in [4.69, 9.17) is 0 Å². The fraction of sp³-hybridized carbons (Fsp3) is 0.571. The summed E-state index contributed by atoms with van der Waals surface area (Å²) in [6.07, 6.45) is 4.09. The molecule has 1 fully saturated rings. The van der Waals surface area contributed by atoms with Crippen molar-refractivity contribution in [2.75, 3.05) is 13.1 Å². The quantitative estimate of drug-likeness (QED) is 0.793. The first-order valence-corrected chi connectivity index (χ1v) is 6.05. The first-order valence-electron chi connectivity index (χ1n) is 6.05. The third-order valence-electron chi connectivity index (χ3n) is 3.65. The molecule has 1 aliphatic carbocycles. The maximum absolute atomic E-state index is 3.51. The van der Waals surface area contributed by atoms with E-state index in [2.05, 4.69) is 43.4 Å². The van der Waals surface area contributed by atoms with Gasteiger partial charge in [0.05, 0.1) is 0 Å². The summed E-state index contributed by atoms with van der Waals surface area (Å²) in [6.45, 7) is 6.59. The van der Waals surface area contributed by atoms with Gasteiger partial charge < -0.3 is 5.32 Å². The molecule has 0 spiro atoms. The number of hydrogen-bond acceptors (Lipinski definition) is 1. The van der Waals surface area contributed by atoms with Crippen molar-refractivity contribution in [3.8, 4) is 0 Å². The summed E-state index contributed by atoms with van der Waals surface area (Å²) in [5.41, 5.74) is 3.37. The molecule has 0 heterocycles. The molecule has 0 unspecified atom stereocenters. The summed E-state index contributed by atoms with van der Waals surface area (Å²) in [6, 6.07) is 9.03. The van der Waals surface area contributed by atoms with Crippen molar-refractivity contribution >= 4 is 0 Å². The van der Waals surface area contributed by atoms with Crippen LogP contribution in [-0.4, -0.2) is 13.1 Å². The van der Waals surface area contributed by atoms with Crippen molar-refractivity contribution < 1.29 is 0 Å². The van der Waals surface area contributed by atoms with E-state index < -0.39 is 0 Å². The maximum atomic E-state index is 3.51. The Kier molecular flexibility index (Phi) is 3.11. The molecule has 0 amide bonds. The molecule has 15 heavy (non-hydrogen) atoms. The number of hydrogen-bond donors (Lipinski definition) is 1. The average molecular weight is 203 g/mol. The molecule has 82 valence electrons. The number of aryl methyl sites for hydroxylation is 1. The summed E-state index contributed by atoms with van der Waals surface area (Å²) in [5, 5.41) is 3.51. The Balaban J connectivity index is 2.18. The number of nitrogens with one attached hydrogen (secondary N) is 1. The predicted octanol–water partition coefficient (Wildman–Crippen LogP) is 3.03. The van der Waals surface area contributed by atoms with E-state index in [1.165, 1.54) is 30.4 Å². The average Bonchev–Trinajstić information content (AvgIpc) is 2.16. The van der Waals surface area contributed by atoms with Crippen molar-refractivity contribution in [1.82, 2.24) is 5.32 Å². The van der Waals surface area contributed by atoms with Crippen LogP contribution in [-0.2, 0) is 5.41 Å². The summed E-state index contributed by atoms with van der Waals surface area (Å²) < 4.78 is 0. The molecule has 1 aromatic carbocycles. The van der Waals surface area contributed by atoms with Crippen LogP contribution in [0.1, 0.15) is 37.3 Å². The lowest BCUT2D eigenvalue weighted by molar-refractivity contribution is 0.235. The van der Waals surface area contributed by atoms with E-state index in [1.54, 1.807) is 0 Å². The lowest BCUT2D eigenvalue weighted by Gasteiger charge is -2.43. The van der Waals surface area contributed by atoms with E-state index in [0.717, 1.165) is 13.1 Å². The highest BCUT2D eigenvalue weighted by Gasteiger charge is 2.37. The minimum absolute atomic E-state index is 0.446. The molecule has 2 rings (SSSR count). The Morgan fingerprint density at radius 1 is 1.33 bits per heavy atom. The molecule has 1 heteroatoms. The van der Waals surface area contributed by atoms with Crippen LogP contribution in [0, 0.1) is 6.92 Å². The van der Waals surface area contributed by atoms with Gasteiger partial charge in [0, 0.05) is 12.0 Å². The van der Waals surface area contributed by atoms with Gasteiger partial charge in [-0.2, -0.15) is 0 Å². The molecule has 1 nitrogen and oxygen atoms in total. The Hall–Kier alpha value is -0.820. The maximum Gasteiger partial charge on any atom is 0.00778 e. The SMILES string of the molecule is CCNCC1(c2cccc(C)c2)CCC1. The van der Waals surface area contributed by atoms with Crippen molar-refractivity contribution in [2.45, 2.75) is 38.5 Å². The van der Waals surface area contributed by atoms with Crippen molar-refractivity contribution in [3.63, 3.8) is 0 Å². The van der Waals surface area contributed by atoms with Crippen LogP contribution in [0.15, 0.2) is 24.3 Å². The van der Waals surface area contributed by atoms with Gasteiger partial charge in [-0.1, -0.05) is 43.2 Å². The molecule has 0 radical (unpaired) electrons. The van der Waals surface area contributed by atoms with E-state index in [1.807, 2.05) is 0 Å². The van der Waals surface area contributed by atoms with Gasteiger partial charge in [-0.15, -0.1) is 0 Å². The standard InChI is InChI=1S/C14H21N/c1-3-15-11-14(8-5-9-14)13-7-4-6-12(2)10-13/h4,6-7,10,15H,3,5,8-9,11H2,1-2H3. The Morgan fingerprint density at radius 2 is 2.13 bits per heavy atom. The van der Waals surface area contributed by atoms with Gasteiger partial charge in [0.1, 0.15) is 0 Å². The van der Waals surface area contributed by atoms with Crippen LogP contribution in [0.5, 0.6) is 0 Å². The van der Waals surface area contributed by atoms with Crippen LogP contribution in [0.25, 0.3) is 0 Å². The summed E-state index contributed by atoms with van der Waals surface area (Å²) in [7, 11) is 0. The van der Waals surface area contributed by atoms with Gasteiger partial charge in [-0.25, -0.2) is 0 Å². The molecular weight excluding hydrogens is 182 g/mol. The highest BCUT2D eigenvalue weighted by atomic mass is 14.9. The number of benzene rings is 1. The molecule has 0 aliphatic heterocycles. The minimum Gasteiger partial charge on any atom is -0.316 e. The van der Waals surface area contributed by atoms with E-state index in [9.17, 15) is 0 Å². The highest BCUT2D eigenvalue weighted by Crippen LogP contribution is 2.43. The fourth-order valence-electron chi connectivity index (χ4n) is 2.51. The third-order valence-corrected chi connectivity index (χ3v) is 3.65. The summed E-state index contributed by atoms with van der Waals surface area (Å²) >= 11 is 0. The lowest BCUT2D eigenvalue weighted by atomic mass is 9.64. The van der Waals surface area contributed by atoms with Crippen molar-refractivity contribution in [2.24, 2.45) is 0 Å². The van der Waals surface area contributed by atoms with Crippen LogP contribution in [0.4, 0.5) is 0 Å². The highest BCUT2D eigenvalue weighted by molar-refractivity contribution is 5.32. The smallest absolute Gasteiger partial charge is 0.00778 e. The molecular formula is C14H21N. The topological polar surface area (TPSA) is 12.0 Å². The predicted molar refractivity (Wildman–Crippen MR) is 65.3 cm³/mol. The van der Waals surface area contributed by atoms with Gasteiger partial charge in [0.25, 0.3) is 0 Å². The second-order valence-corrected chi connectivity index (χ2v) is 4.78. The third kappa shape index (κ3) is 2.07. The first-order chi connectivity index (χ1) is 7.27. The zero-order chi connectivity index (χ0) is 10.7. The van der Waals surface area contributed by atoms with E-state index in [-0.39, 0.29) is 0 Å². The van der Waals surface area contributed by atoms with Crippen LogP contribution in [0.3, 0.4) is 0 Å². The zero-order valence-corrected chi connectivity index (χ0v) is 9.84. The molecule has 1 aromatic rings. The summed E-state index contributed by atoms with van der Waals surface area (Å²) in [4.78, 5) is 0. The monoisotopic (exact) mass is 203 g/mol. The second kappa shape index (κ2) is 4.36. The zero-order valence-electron chi connectivity index (χ0n) is 9.84. The van der Waals surface area contributed by atoms with Gasteiger partial charge >= 0.3 is 0 Å². The van der Waals surface area contributed by atoms with Crippen LogP contribution in [0.2, 0.25) is 0 Å². The van der Waals surface area contributed by atoms with Crippen molar-refractivity contribution in [1.29, 1.82) is 0 Å². The largest absolute Gasteiger partial charge is 0.316 e.